The SMILES string of the molecule is CC(C)NC(=O)CCNC(=O)N1CCCCCC1C(=O)O. The zero-order valence-corrected chi connectivity index (χ0v) is 12.7. The Balaban J connectivity index is 2.44. The van der Waals surface area contributed by atoms with E-state index in [1.165, 1.54) is 4.90 Å². The molecule has 1 unspecified atom stereocenters. The summed E-state index contributed by atoms with van der Waals surface area (Å²) in [6, 6.07) is -1.10. The molecule has 3 N–H and O–H groups in total. The molecule has 1 saturated heterocycles. The highest BCUT2D eigenvalue weighted by atomic mass is 16.4. The summed E-state index contributed by atoms with van der Waals surface area (Å²) in [7, 11) is 0. The van der Waals surface area contributed by atoms with Gasteiger partial charge in [-0.15, -0.1) is 0 Å². The van der Waals surface area contributed by atoms with E-state index in [0.717, 1.165) is 19.3 Å². The molecule has 0 bridgehead atoms. The van der Waals surface area contributed by atoms with Crippen LogP contribution in [0.4, 0.5) is 4.79 Å². The highest BCUT2D eigenvalue weighted by Crippen LogP contribution is 2.17. The number of urea groups is 1. The van der Waals surface area contributed by atoms with Gasteiger partial charge in [0.25, 0.3) is 0 Å². The van der Waals surface area contributed by atoms with Gasteiger partial charge in [0, 0.05) is 25.6 Å². The molecule has 1 fully saturated rings. The Hall–Kier alpha value is -1.79. The number of carboxylic acids is 1. The van der Waals surface area contributed by atoms with Crippen LogP contribution in [0.3, 0.4) is 0 Å². The molecule has 21 heavy (non-hydrogen) atoms. The van der Waals surface area contributed by atoms with E-state index in [4.69, 9.17) is 0 Å². The number of carbonyl (C=O) groups excluding carboxylic acids is 2. The third-order valence-electron chi connectivity index (χ3n) is 3.38. The summed E-state index contributed by atoms with van der Waals surface area (Å²) in [5.41, 5.74) is 0. The Bertz CT molecular complexity index is 384. The van der Waals surface area contributed by atoms with Crippen LogP contribution in [0.5, 0.6) is 0 Å². The lowest BCUT2D eigenvalue weighted by atomic mass is 10.1. The first-order chi connectivity index (χ1) is 9.91. The van der Waals surface area contributed by atoms with Gasteiger partial charge in [-0.2, -0.15) is 0 Å². The first-order valence-electron chi connectivity index (χ1n) is 7.48. The summed E-state index contributed by atoms with van der Waals surface area (Å²) in [6.07, 6.45) is 3.24. The third kappa shape index (κ3) is 6.01. The van der Waals surface area contributed by atoms with Gasteiger partial charge >= 0.3 is 12.0 Å². The van der Waals surface area contributed by atoms with E-state index in [2.05, 4.69) is 10.6 Å². The lowest BCUT2D eigenvalue weighted by molar-refractivity contribution is -0.142. The van der Waals surface area contributed by atoms with Crippen molar-refractivity contribution in [2.45, 2.75) is 58.0 Å². The summed E-state index contributed by atoms with van der Waals surface area (Å²) < 4.78 is 0. The number of rotatable bonds is 5. The molecule has 0 aromatic carbocycles. The van der Waals surface area contributed by atoms with Crippen LogP contribution in [0.15, 0.2) is 0 Å². The van der Waals surface area contributed by atoms with E-state index in [0.29, 0.717) is 13.0 Å². The first kappa shape index (κ1) is 17.3. The lowest BCUT2D eigenvalue weighted by Crippen LogP contribution is -2.49. The zero-order chi connectivity index (χ0) is 15.8. The molecule has 1 aliphatic rings. The summed E-state index contributed by atoms with van der Waals surface area (Å²) in [5.74, 6) is -1.10. The molecule has 7 heteroatoms. The Kier molecular flexibility index (Phi) is 6.98. The van der Waals surface area contributed by atoms with Crippen LogP contribution in [0.25, 0.3) is 0 Å². The second-order valence-electron chi connectivity index (χ2n) is 5.60. The van der Waals surface area contributed by atoms with Gasteiger partial charge in [0.1, 0.15) is 6.04 Å². The largest absolute Gasteiger partial charge is 0.480 e. The summed E-state index contributed by atoms with van der Waals surface area (Å²) >= 11 is 0. The number of hydrogen-bond acceptors (Lipinski definition) is 3. The van der Waals surface area contributed by atoms with Crippen molar-refractivity contribution in [2.24, 2.45) is 0 Å². The fourth-order valence-electron chi connectivity index (χ4n) is 2.39. The van der Waals surface area contributed by atoms with Crippen molar-refractivity contribution in [2.75, 3.05) is 13.1 Å². The minimum atomic E-state index is -0.968. The smallest absolute Gasteiger partial charge is 0.326 e. The van der Waals surface area contributed by atoms with Gasteiger partial charge in [0.05, 0.1) is 0 Å². The van der Waals surface area contributed by atoms with E-state index >= 15 is 0 Å². The minimum Gasteiger partial charge on any atom is -0.480 e. The maximum Gasteiger partial charge on any atom is 0.326 e. The van der Waals surface area contributed by atoms with E-state index in [9.17, 15) is 19.5 Å². The second-order valence-corrected chi connectivity index (χ2v) is 5.60. The number of nitrogens with one attached hydrogen (secondary N) is 2. The van der Waals surface area contributed by atoms with Crippen LogP contribution in [-0.2, 0) is 9.59 Å². The predicted octanol–water partition coefficient (Wildman–Crippen LogP) is 0.940. The highest BCUT2D eigenvalue weighted by molar-refractivity contribution is 5.83. The number of likely N-dealkylation sites (tertiary alicyclic amines) is 1. The van der Waals surface area contributed by atoms with Crippen LogP contribution < -0.4 is 10.6 Å². The molecule has 3 amide bonds. The molecule has 120 valence electrons. The monoisotopic (exact) mass is 299 g/mol. The molecule has 1 atom stereocenters. The zero-order valence-electron chi connectivity index (χ0n) is 12.7. The first-order valence-corrected chi connectivity index (χ1v) is 7.48. The fraction of sp³-hybridized carbons (Fsp3) is 0.786. The van der Waals surface area contributed by atoms with E-state index < -0.39 is 18.0 Å². The van der Waals surface area contributed by atoms with Gasteiger partial charge < -0.3 is 20.6 Å². The molecule has 0 radical (unpaired) electrons. The highest BCUT2D eigenvalue weighted by Gasteiger charge is 2.30. The van der Waals surface area contributed by atoms with Crippen molar-refractivity contribution >= 4 is 17.9 Å². The van der Waals surface area contributed by atoms with Gasteiger partial charge in [-0.3, -0.25) is 4.79 Å². The van der Waals surface area contributed by atoms with Gasteiger partial charge in [-0.05, 0) is 26.7 Å². The molecule has 0 saturated carbocycles. The molecule has 0 aromatic rings. The van der Waals surface area contributed by atoms with E-state index in [1.54, 1.807) is 0 Å². The number of carboxylic acid groups (broad SMARTS) is 1. The molecule has 0 aromatic heterocycles. The molecule has 7 nitrogen and oxygen atoms in total. The maximum absolute atomic E-state index is 12.1. The van der Waals surface area contributed by atoms with Crippen LogP contribution in [0.2, 0.25) is 0 Å². The number of hydrogen-bond donors (Lipinski definition) is 3. The quantitative estimate of drug-likeness (QED) is 0.703. The minimum absolute atomic E-state index is 0.0650. The van der Waals surface area contributed by atoms with Crippen molar-refractivity contribution in [3.63, 3.8) is 0 Å². The Morgan fingerprint density at radius 3 is 2.57 bits per heavy atom. The molecule has 0 spiro atoms. The predicted molar refractivity (Wildman–Crippen MR) is 77.9 cm³/mol. The Morgan fingerprint density at radius 1 is 1.24 bits per heavy atom. The van der Waals surface area contributed by atoms with Gasteiger partial charge in [0.2, 0.25) is 5.91 Å². The average Bonchev–Trinajstić information content (AvgIpc) is 2.63. The topological polar surface area (TPSA) is 98.7 Å². The van der Waals surface area contributed by atoms with Crippen molar-refractivity contribution in [3.8, 4) is 0 Å². The molecule has 0 aliphatic carbocycles. The fourth-order valence-corrected chi connectivity index (χ4v) is 2.39. The van der Waals surface area contributed by atoms with E-state index in [1.807, 2.05) is 13.8 Å². The second kappa shape index (κ2) is 8.49. The Morgan fingerprint density at radius 2 is 1.95 bits per heavy atom. The Labute approximate surface area is 125 Å². The number of amides is 3. The normalized spacial score (nSPS) is 19.0. The van der Waals surface area contributed by atoms with Crippen LogP contribution in [0, 0.1) is 0 Å². The standard InChI is InChI=1S/C14H25N3O4/c1-10(2)16-12(18)7-8-15-14(21)17-9-5-3-4-6-11(17)13(19)20/h10-11H,3-9H2,1-2H3,(H,15,21)(H,16,18)(H,19,20). The van der Waals surface area contributed by atoms with Crippen LogP contribution >= 0.6 is 0 Å². The number of aliphatic carboxylic acids is 1. The average molecular weight is 299 g/mol. The van der Waals surface area contributed by atoms with Crippen molar-refractivity contribution in [3.05, 3.63) is 0 Å². The third-order valence-corrected chi connectivity index (χ3v) is 3.38. The van der Waals surface area contributed by atoms with E-state index in [-0.39, 0.29) is 24.9 Å². The summed E-state index contributed by atoms with van der Waals surface area (Å²) in [5, 5.41) is 14.6. The lowest BCUT2D eigenvalue weighted by Gasteiger charge is -2.27. The van der Waals surface area contributed by atoms with Crippen molar-refractivity contribution < 1.29 is 19.5 Å². The maximum atomic E-state index is 12.1. The molecule has 1 aliphatic heterocycles. The molecular weight excluding hydrogens is 274 g/mol. The van der Waals surface area contributed by atoms with Gasteiger partial charge in [0.15, 0.2) is 0 Å². The molecule has 1 heterocycles. The van der Waals surface area contributed by atoms with Gasteiger partial charge in [-0.25, -0.2) is 9.59 Å². The van der Waals surface area contributed by atoms with Crippen LogP contribution in [-0.4, -0.2) is 53.1 Å². The van der Waals surface area contributed by atoms with Crippen LogP contribution in [0.1, 0.15) is 46.0 Å². The van der Waals surface area contributed by atoms with Crippen molar-refractivity contribution in [1.29, 1.82) is 0 Å². The molecule has 1 rings (SSSR count). The molecular formula is C14H25N3O4. The number of carbonyl (C=O) groups is 3. The summed E-state index contributed by atoms with van der Waals surface area (Å²) in [4.78, 5) is 36.2. The summed E-state index contributed by atoms with van der Waals surface area (Å²) in [6.45, 7) is 4.39. The van der Waals surface area contributed by atoms with Crippen molar-refractivity contribution in [1.82, 2.24) is 15.5 Å². The number of nitrogens with zero attached hydrogens (tertiary/aromatic N) is 1. The van der Waals surface area contributed by atoms with Gasteiger partial charge in [-0.1, -0.05) is 12.8 Å².